The molecule has 8 heteroatoms. The maximum absolute atomic E-state index is 10.6. The lowest BCUT2D eigenvalue weighted by molar-refractivity contribution is 0.393. The van der Waals surface area contributed by atoms with Crippen LogP contribution in [0.2, 0.25) is 0 Å². The van der Waals surface area contributed by atoms with Crippen molar-refractivity contribution in [3.05, 3.63) is 23.6 Å². The van der Waals surface area contributed by atoms with E-state index >= 15 is 0 Å². The Balaban J connectivity index is 2.13. The van der Waals surface area contributed by atoms with E-state index in [2.05, 4.69) is 9.55 Å². The van der Waals surface area contributed by atoms with Crippen LogP contribution >= 0.6 is 10.8 Å². The monoisotopic (exact) mass is 350 g/mol. The van der Waals surface area contributed by atoms with Gasteiger partial charge in [-0.2, -0.15) is 4.40 Å². The summed E-state index contributed by atoms with van der Waals surface area (Å²) < 4.78 is 30.5. The normalized spacial score (nSPS) is 15.8. The van der Waals surface area contributed by atoms with Crippen LogP contribution in [0, 0.1) is 13.8 Å². The Kier molecular flexibility index (Phi) is 4.29. The van der Waals surface area contributed by atoms with Crippen molar-refractivity contribution in [1.29, 1.82) is 0 Å². The van der Waals surface area contributed by atoms with E-state index in [1.54, 1.807) is 19.1 Å². The molecule has 7 nitrogen and oxygen atoms in total. The zero-order valence-corrected chi connectivity index (χ0v) is 14.6. The third kappa shape index (κ3) is 3.00. The molecule has 1 aliphatic carbocycles. The highest BCUT2D eigenvalue weighted by molar-refractivity contribution is 8.23. The molecule has 0 saturated heterocycles. The number of hydrogen-bond acceptors (Lipinski definition) is 7. The van der Waals surface area contributed by atoms with Crippen molar-refractivity contribution in [2.45, 2.75) is 44.4 Å². The topological polar surface area (TPSA) is 131 Å². The molecule has 0 spiro atoms. The van der Waals surface area contributed by atoms with E-state index in [4.69, 9.17) is 16.0 Å². The first-order valence-corrected chi connectivity index (χ1v) is 9.28. The van der Waals surface area contributed by atoms with Crippen molar-refractivity contribution >= 4 is 27.9 Å². The Morgan fingerprint density at radius 2 is 1.83 bits per heavy atom. The number of hydrogen-bond donors (Lipinski definition) is 4. The van der Waals surface area contributed by atoms with Crippen LogP contribution in [0.1, 0.15) is 37.1 Å². The predicted molar refractivity (Wildman–Crippen MR) is 97.3 cm³/mol. The van der Waals surface area contributed by atoms with Crippen LogP contribution in [0.3, 0.4) is 0 Å². The summed E-state index contributed by atoms with van der Waals surface area (Å²) in [4.78, 5) is 0.150. The van der Waals surface area contributed by atoms with E-state index in [-0.39, 0.29) is 16.3 Å². The van der Waals surface area contributed by atoms with Gasteiger partial charge in [-0.3, -0.25) is 9.11 Å². The Bertz CT molecular complexity index is 786. The van der Waals surface area contributed by atoms with Crippen molar-refractivity contribution in [3.8, 4) is 11.1 Å². The lowest BCUT2D eigenvalue weighted by atomic mass is 10.0. The zero-order valence-electron chi connectivity index (χ0n) is 13.7. The van der Waals surface area contributed by atoms with Gasteiger partial charge in [-0.25, -0.2) is 0 Å². The zero-order chi connectivity index (χ0) is 17.5. The summed E-state index contributed by atoms with van der Waals surface area (Å²) >= 11 is 0. The van der Waals surface area contributed by atoms with Gasteiger partial charge in [0.05, 0.1) is 17.1 Å². The molecule has 0 amide bonds. The third-order valence-corrected chi connectivity index (χ3v) is 5.67. The molecule has 6 N–H and O–H groups in total. The second kappa shape index (κ2) is 6.12. The lowest BCUT2D eigenvalue weighted by Crippen LogP contribution is -2.06. The second-order valence-electron chi connectivity index (χ2n) is 6.06. The highest BCUT2D eigenvalue weighted by Gasteiger charge is 2.24. The molecule has 1 aliphatic rings. The summed E-state index contributed by atoms with van der Waals surface area (Å²) in [7, 11) is -3.40. The van der Waals surface area contributed by atoms with Crippen LogP contribution in [0.15, 0.2) is 25.9 Å². The number of rotatable bonds is 3. The number of nitrogen functional groups attached to an aromatic ring is 2. The van der Waals surface area contributed by atoms with Crippen molar-refractivity contribution in [1.82, 2.24) is 5.16 Å². The van der Waals surface area contributed by atoms with Gasteiger partial charge in [0, 0.05) is 11.3 Å². The van der Waals surface area contributed by atoms with E-state index in [0.717, 1.165) is 37.0 Å². The molecular weight excluding hydrogens is 328 g/mol. The van der Waals surface area contributed by atoms with Gasteiger partial charge in [0.25, 0.3) is 0 Å². The number of benzene rings is 1. The first-order chi connectivity index (χ1) is 11.3. The van der Waals surface area contributed by atoms with Gasteiger partial charge in [-0.05, 0) is 57.2 Å². The highest BCUT2D eigenvalue weighted by Crippen LogP contribution is 2.55. The summed E-state index contributed by atoms with van der Waals surface area (Å²) in [5.41, 5.74) is 15.4. The molecule has 2 aromatic rings. The smallest absolute Gasteiger partial charge is 0.141 e. The maximum Gasteiger partial charge on any atom is 0.141 e. The fourth-order valence-electron chi connectivity index (χ4n) is 3.02. The molecule has 3 rings (SSSR count). The molecule has 1 saturated carbocycles. The van der Waals surface area contributed by atoms with Gasteiger partial charge in [0.1, 0.15) is 10.7 Å². The largest absolute Gasteiger partial charge is 0.397 e. The average Bonchev–Trinajstić information content (AvgIpc) is 3.11. The van der Waals surface area contributed by atoms with E-state index in [9.17, 15) is 9.11 Å². The minimum atomic E-state index is -3.40. The van der Waals surface area contributed by atoms with Crippen LogP contribution in [-0.2, 0) is 0 Å². The summed E-state index contributed by atoms with van der Waals surface area (Å²) in [5.74, 6) is 0.626. The maximum atomic E-state index is 10.6. The van der Waals surface area contributed by atoms with Crippen LogP contribution in [0.5, 0.6) is 0 Å². The van der Waals surface area contributed by atoms with E-state index < -0.39 is 10.8 Å². The van der Waals surface area contributed by atoms with Gasteiger partial charge in [0.15, 0.2) is 0 Å². The molecule has 0 radical (unpaired) electrons. The van der Waals surface area contributed by atoms with Gasteiger partial charge < -0.3 is 16.0 Å². The Morgan fingerprint density at radius 1 is 1.17 bits per heavy atom. The van der Waals surface area contributed by atoms with Gasteiger partial charge in [-0.15, -0.1) is 0 Å². The molecule has 130 valence electrons. The van der Waals surface area contributed by atoms with Crippen LogP contribution in [0.4, 0.5) is 11.4 Å². The number of nitrogens with zero attached hydrogens (tertiary/aromatic N) is 2. The van der Waals surface area contributed by atoms with Crippen molar-refractivity contribution in [2.24, 2.45) is 4.40 Å². The molecule has 1 aromatic carbocycles. The summed E-state index contributed by atoms with van der Waals surface area (Å²) in [6, 6.07) is 3.30. The first-order valence-electron chi connectivity index (χ1n) is 7.77. The molecule has 1 fully saturated rings. The fraction of sp³-hybridized carbons (Fsp3) is 0.375. The first kappa shape index (κ1) is 16.8. The standard InChI is InChI=1S/C16H22N4O3S/c1-9-15(10(2)23-19-9)11-7-13(17)16(18)14(8-11)24(21,22)20-12-5-3-4-6-12/h7-8,21-22H,3-6,17-18H2,1-2H3. The Morgan fingerprint density at radius 3 is 2.42 bits per heavy atom. The van der Waals surface area contributed by atoms with Crippen LogP contribution < -0.4 is 11.5 Å². The quantitative estimate of drug-likeness (QED) is 0.615. The summed E-state index contributed by atoms with van der Waals surface area (Å²) in [5, 5.41) is 3.93. The van der Waals surface area contributed by atoms with Crippen LogP contribution in [-0.4, -0.2) is 20.0 Å². The average molecular weight is 350 g/mol. The minimum absolute atomic E-state index is 0.146. The molecule has 1 heterocycles. The summed E-state index contributed by atoms with van der Waals surface area (Å²) in [6.07, 6.45) is 3.61. The summed E-state index contributed by atoms with van der Waals surface area (Å²) in [6.45, 7) is 3.60. The molecule has 0 unspecified atom stereocenters. The van der Waals surface area contributed by atoms with E-state index in [1.807, 2.05) is 6.92 Å². The number of aromatic nitrogens is 1. The Labute approximate surface area is 142 Å². The molecule has 0 aliphatic heterocycles. The predicted octanol–water partition coefficient (Wildman–Crippen LogP) is 4.16. The van der Waals surface area contributed by atoms with E-state index in [0.29, 0.717) is 17.0 Å². The molecule has 24 heavy (non-hydrogen) atoms. The minimum Gasteiger partial charge on any atom is -0.397 e. The number of anilines is 2. The molecular formula is C16H22N4O3S. The van der Waals surface area contributed by atoms with Crippen molar-refractivity contribution < 1.29 is 13.6 Å². The van der Waals surface area contributed by atoms with Crippen LogP contribution in [0.25, 0.3) is 11.1 Å². The molecule has 1 aromatic heterocycles. The fourth-order valence-corrected chi connectivity index (χ4v) is 4.36. The van der Waals surface area contributed by atoms with Crippen molar-refractivity contribution in [3.63, 3.8) is 0 Å². The van der Waals surface area contributed by atoms with Gasteiger partial charge in [0.2, 0.25) is 0 Å². The lowest BCUT2D eigenvalue weighted by Gasteiger charge is -2.30. The number of nitrogens with two attached hydrogens (primary N) is 2. The molecule has 0 bridgehead atoms. The highest BCUT2D eigenvalue weighted by atomic mass is 32.3. The molecule has 0 atom stereocenters. The Hall–Kier alpha value is -2.03. The van der Waals surface area contributed by atoms with Gasteiger partial charge >= 0.3 is 0 Å². The van der Waals surface area contributed by atoms with Crippen molar-refractivity contribution in [2.75, 3.05) is 11.5 Å². The van der Waals surface area contributed by atoms with Gasteiger partial charge in [-0.1, -0.05) is 15.9 Å². The van der Waals surface area contributed by atoms with E-state index in [1.165, 1.54) is 0 Å². The number of aryl methyl sites for hydroxylation is 2. The SMILES string of the molecule is Cc1noc(C)c1-c1cc(N)c(N)c(S(O)(O)N=C2CCCC2)c1. The third-order valence-electron chi connectivity index (χ3n) is 4.23. The second-order valence-corrected chi connectivity index (χ2v) is 7.72.